The summed E-state index contributed by atoms with van der Waals surface area (Å²) >= 11 is 7.45. The summed E-state index contributed by atoms with van der Waals surface area (Å²) in [4.78, 5) is 38.1. The summed E-state index contributed by atoms with van der Waals surface area (Å²) in [6.07, 6.45) is 7.03. The smallest absolute Gasteiger partial charge is 0.319 e. The third-order valence-electron chi connectivity index (χ3n) is 5.64. The molecule has 2 atom stereocenters. The lowest BCUT2D eigenvalue weighted by molar-refractivity contribution is -0.143. The molecule has 3 heterocycles. The van der Waals surface area contributed by atoms with Gasteiger partial charge in [0.15, 0.2) is 0 Å². The van der Waals surface area contributed by atoms with Gasteiger partial charge in [-0.15, -0.1) is 11.3 Å². The second kappa shape index (κ2) is 10.4. The molecule has 0 radical (unpaired) electrons. The van der Waals surface area contributed by atoms with E-state index in [0.29, 0.717) is 23.8 Å². The highest BCUT2D eigenvalue weighted by molar-refractivity contribution is 7.16. The van der Waals surface area contributed by atoms with E-state index in [2.05, 4.69) is 9.97 Å². The van der Waals surface area contributed by atoms with Crippen LogP contribution in [0.5, 0.6) is 0 Å². The molecule has 2 aromatic heterocycles. The van der Waals surface area contributed by atoms with Crippen LogP contribution in [0.1, 0.15) is 23.0 Å². The van der Waals surface area contributed by atoms with Gasteiger partial charge in [0.25, 0.3) is 0 Å². The van der Waals surface area contributed by atoms with Crippen molar-refractivity contribution in [2.24, 2.45) is 5.73 Å². The van der Waals surface area contributed by atoms with Gasteiger partial charge in [-0.05, 0) is 36.3 Å². The molecule has 1 unspecified atom stereocenters. The minimum atomic E-state index is -0.606. The van der Waals surface area contributed by atoms with Crippen LogP contribution in [0.25, 0.3) is 17.0 Å². The third kappa shape index (κ3) is 5.39. The number of carbonyl (C=O) groups is 2. The Kier molecular flexibility index (Phi) is 7.34. The van der Waals surface area contributed by atoms with E-state index in [-0.39, 0.29) is 12.5 Å². The van der Waals surface area contributed by atoms with Crippen LogP contribution in [0.4, 0.5) is 0 Å². The number of nitrogens with two attached hydrogens (primary N) is 1. The number of esters is 1. The quantitative estimate of drug-likeness (QED) is 0.489. The van der Waals surface area contributed by atoms with Gasteiger partial charge in [0.2, 0.25) is 5.91 Å². The van der Waals surface area contributed by atoms with Crippen LogP contribution in [0, 0.1) is 0 Å². The number of hydrogen-bond donors (Lipinski definition) is 1. The molecule has 4 rings (SSSR count). The van der Waals surface area contributed by atoms with Crippen molar-refractivity contribution in [2.45, 2.75) is 18.6 Å². The molecule has 1 saturated heterocycles. The molecular formula is C23H24ClN5O3S. The van der Waals surface area contributed by atoms with E-state index in [1.165, 1.54) is 24.8 Å². The fraction of sp³-hybridized carbons (Fsp3) is 0.304. The van der Waals surface area contributed by atoms with E-state index in [0.717, 1.165) is 21.3 Å². The summed E-state index contributed by atoms with van der Waals surface area (Å²) < 4.78 is 5.55. The lowest BCUT2D eigenvalue weighted by atomic mass is 10.1. The van der Waals surface area contributed by atoms with E-state index >= 15 is 0 Å². The van der Waals surface area contributed by atoms with Crippen LogP contribution in [0.2, 0.25) is 4.34 Å². The van der Waals surface area contributed by atoms with Crippen molar-refractivity contribution in [1.29, 1.82) is 0 Å². The summed E-state index contributed by atoms with van der Waals surface area (Å²) in [7, 11) is 1.34. The second-order valence-corrected chi connectivity index (χ2v) is 9.42. The normalized spacial score (nSPS) is 17.4. The molecule has 1 aliphatic heterocycles. The Labute approximate surface area is 200 Å². The number of fused-ring (bicyclic) bond motifs is 1. The molecule has 8 nitrogen and oxygen atoms in total. The second-order valence-electron chi connectivity index (χ2n) is 7.67. The van der Waals surface area contributed by atoms with Crippen molar-refractivity contribution in [1.82, 2.24) is 19.8 Å². The van der Waals surface area contributed by atoms with E-state index in [4.69, 9.17) is 22.1 Å². The highest BCUT2D eigenvalue weighted by Gasteiger charge is 2.39. The van der Waals surface area contributed by atoms with Crippen molar-refractivity contribution in [3.05, 3.63) is 63.7 Å². The largest absolute Gasteiger partial charge is 0.468 e. The van der Waals surface area contributed by atoms with Crippen LogP contribution < -0.4 is 5.73 Å². The first-order valence-corrected chi connectivity index (χ1v) is 11.6. The highest BCUT2D eigenvalue weighted by atomic mass is 35.5. The van der Waals surface area contributed by atoms with Gasteiger partial charge >= 0.3 is 5.97 Å². The topological polar surface area (TPSA) is 102 Å². The number of methoxy groups -OCH3 is 1. The molecule has 0 bridgehead atoms. The van der Waals surface area contributed by atoms with E-state index in [9.17, 15) is 9.59 Å². The lowest BCUT2D eigenvalue weighted by Crippen LogP contribution is -2.46. The Morgan fingerprint density at radius 3 is 3.03 bits per heavy atom. The molecule has 0 aliphatic carbocycles. The summed E-state index contributed by atoms with van der Waals surface area (Å²) in [5.41, 5.74) is 8.04. The summed E-state index contributed by atoms with van der Waals surface area (Å²) in [5.74, 6) is -0.505. The molecule has 10 heteroatoms. The molecule has 1 amide bonds. The molecule has 172 valence electrons. The molecule has 3 aromatic rings. The highest BCUT2D eigenvalue weighted by Crippen LogP contribution is 2.27. The molecule has 2 N–H and O–H groups in total. The predicted molar refractivity (Wildman–Crippen MR) is 129 cm³/mol. The van der Waals surface area contributed by atoms with E-state index in [1.807, 2.05) is 47.4 Å². The van der Waals surface area contributed by atoms with Gasteiger partial charge < -0.3 is 15.4 Å². The standard InChI is InChI=1S/C23H24ClN5O3S/c1-32-21(30)13-28(9-2-3-17-6-7-20(24)33-17)19-8-10-29(23(19)31)22(25)15-4-5-16-12-26-14-27-18(16)11-15/h2-7,11-12,14,19,22H,8-10,13,25H2,1H3/t19-,22?/m0/s1. The van der Waals surface area contributed by atoms with Crippen LogP contribution in [-0.4, -0.2) is 64.4 Å². The number of aromatic nitrogens is 2. The molecular weight excluding hydrogens is 462 g/mol. The molecule has 0 saturated carbocycles. The molecule has 1 fully saturated rings. The summed E-state index contributed by atoms with van der Waals surface area (Å²) in [5, 5.41) is 0.905. The Hall–Kier alpha value is -2.85. The minimum Gasteiger partial charge on any atom is -0.468 e. The monoisotopic (exact) mass is 485 g/mol. The van der Waals surface area contributed by atoms with Crippen molar-refractivity contribution in [3.63, 3.8) is 0 Å². The first-order valence-electron chi connectivity index (χ1n) is 10.4. The van der Waals surface area contributed by atoms with Gasteiger partial charge in [-0.2, -0.15) is 0 Å². The Bertz CT molecular complexity index is 1180. The molecule has 33 heavy (non-hydrogen) atoms. The molecule has 1 aromatic carbocycles. The zero-order chi connectivity index (χ0) is 23.4. The first-order chi connectivity index (χ1) is 16.0. The maximum absolute atomic E-state index is 13.3. The number of hydrogen-bond acceptors (Lipinski definition) is 8. The van der Waals surface area contributed by atoms with Crippen LogP contribution in [0.15, 0.2) is 48.9 Å². The Morgan fingerprint density at radius 1 is 1.42 bits per heavy atom. The van der Waals surface area contributed by atoms with E-state index < -0.39 is 18.2 Å². The van der Waals surface area contributed by atoms with Crippen LogP contribution in [-0.2, 0) is 14.3 Å². The first kappa shape index (κ1) is 23.3. The van der Waals surface area contributed by atoms with Crippen molar-refractivity contribution < 1.29 is 14.3 Å². The maximum atomic E-state index is 13.3. The number of ether oxygens (including phenoxy) is 1. The summed E-state index contributed by atoms with van der Waals surface area (Å²) in [6, 6.07) is 8.95. The van der Waals surface area contributed by atoms with Gasteiger partial charge in [-0.3, -0.25) is 14.5 Å². The number of amides is 1. The average molecular weight is 486 g/mol. The van der Waals surface area contributed by atoms with Gasteiger partial charge in [0, 0.05) is 29.5 Å². The number of nitrogens with zero attached hydrogens (tertiary/aromatic N) is 4. The van der Waals surface area contributed by atoms with Crippen molar-refractivity contribution in [3.8, 4) is 0 Å². The summed E-state index contributed by atoms with van der Waals surface area (Å²) in [6.45, 7) is 0.920. The van der Waals surface area contributed by atoms with E-state index in [1.54, 1.807) is 11.1 Å². The third-order valence-corrected chi connectivity index (χ3v) is 6.83. The lowest BCUT2D eigenvalue weighted by Gasteiger charge is -2.28. The van der Waals surface area contributed by atoms with Gasteiger partial charge in [0.1, 0.15) is 12.5 Å². The van der Waals surface area contributed by atoms with Gasteiger partial charge in [-0.1, -0.05) is 29.8 Å². The average Bonchev–Trinajstić information content (AvgIpc) is 3.42. The number of benzene rings is 1. The number of rotatable bonds is 8. The Balaban J connectivity index is 1.49. The fourth-order valence-electron chi connectivity index (χ4n) is 3.91. The number of halogens is 1. The zero-order valence-corrected chi connectivity index (χ0v) is 19.6. The molecule has 1 aliphatic rings. The van der Waals surface area contributed by atoms with Crippen molar-refractivity contribution in [2.75, 3.05) is 26.7 Å². The Morgan fingerprint density at radius 2 is 2.27 bits per heavy atom. The maximum Gasteiger partial charge on any atom is 0.319 e. The van der Waals surface area contributed by atoms with Crippen LogP contribution in [0.3, 0.4) is 0 Å². The SMILES string of the molecule is COC(=O)CN(CC=Cc1ccc(Cl)s1)[C@H]1CCN(C(N)c2ccc3cncnc3c2)C1=O. The van der Waals surface area contributed by atoms with Crippen molar-refractivity contribution >= 4 is 51.8 Å². The predicted octanol–water partition coefficient (Wildman–Crippen LogP) is 3.09. The minimum absolute atomic E-state index is 0.0123. The molecule has 0 spiro atoms. The zero-order valence-electron chi connectivity index (χ0n) is 18.1. The number of likely N-dealkylation sites (tertiary alicyclic amines) is 1. The fourth-order valence-corrected chi connectivity index (χ4v) is 4.90. The number of carbonyl (C=O) groups excluding carboxylic acids is 2. The van der Waals surface area contributed by atoms with Crippen LogP contribution >= 0.6 is 22.9 Å². The number of thiophene rings is 1. The van der Waals surface area contributed by atoms with Gasteiger partial charge in [0.05, 0.1) is 29.5 Å². The van der Waals surface area contributed by atoms with Gasteiger partial charge in [-0.25, -0.2) is 9.97 Å².